The van der Waals surface area contributed by atoms with E-state index in [4.69, 9.17) is 10.5 Å². The van der Waals surface area contributed by atoms with Gasteiger partial charge in [0.05, 0.1) is 6.10 Å². The molecule has 1 saturated heterocycles. The maximum absolute atomic E-state index is 12.0. The fraction of sp³-hybridized carbons (Fsp3) is 0.923. The Kier molecular flexibility index (Phi) is 6.39. The standard InChI is InChI=1S/C13H24N2O2.ClH/c1-9-2-4-10(5-3-9)15-13(16)12-7-6-11(8-14)17-12;/h9-12H,2-8,14H2,1H3,(H,15,16);1H/t9?,10?,11-,12+;/m1./s1. The summed E-state index contributed by atoms with van der Waals surface area (Å²) in [4.78, 5) is 12.0. The number of ether oxygens (including phenoxy) is 1. The van der Waals surface area contributed by atoms with Gasteiger partial charge in [-0.1, -0.05) is 6.92 Å². The quantitative estimate of drug-likeness (QED) is 0.823. The summed E-state index contributed by atoms with van der Waals surface area (Å²) in [7, 11) is 0. The van der Waals surface area contributed by atoms with Gasteiger partial charge in [-0.2, -0.15) is 0 Å². The van der Waals surface area contributed by atoms with Crippen LogP contribution in [0, 0.1) is 5.92 Å². The van der Waals surface area contributed by atoms with Gasteiger partial charge in [0.15, 0.2) is 0 Å². The first-order chi connectivity index (χ1) is 8.19. The van der Waals surface area contributed by atoms with Crippen LogP contribution in [-0.2, 0) is 9.53 Å². The molecule has 0 bridgehead atoms. The molecule has 0 aromatic heterocycles. The van der Waals surface area contributed by atoms with Crippen molar-refractivity contribution in [2.24, 2.45) is 11.7 Å². The topological polar surface area (TPSA) is 64.4 Å². The largest absolute Gasteiger partial charge is 0.364 e. The van der Waals surface area contributed by atoms with Gasteiger partial charge in [0, 0.05) is 12.6 Å². The number of hydrogen-bond acceptors (Lipinski definition) is 3. The molecule has 0 radical (unpaired) electrons. The first-order valence-electron chi connectivity index (χ1n) is 6.85. The zero-order valence-corrected chi connectivity index (χ0v) is 11.9. The highest BCUT2D eigenvalue weighted by Gasteiger charge is 2.31. The number of halogens is 1. The number of amides is 1. The molecule has 1 amide bonds. The van der Waals surface area contributed by atoms with Crippen LogP contribution in [0.5, 0.6) is 0 Å². The fourth-order valence-corrected chi connectivity index (χ4v) is 2.77. The highest BCUT2D eigenvalue weighted by Crippen LogP contribution is 2.24. The van der Waals surface area contributed by atoms with Crippen LogP contribution in [0.15, 0.2) is 0 Å². The maximum atomic E-state index is 12.0. The summed E-state index contributed by atoms with van der Waals surface area (Å²) in [5.41, 5.74) is 5.54. The normalized spacial score (nSPS) is 35.9. The Hall–Kier alpha value is -0.320. The molecule has 4 nitrogen and oxygen atoms in total. The Morgan fingerprint density at radius 2 is 1.89 bits per heavy atom. The third kappa shape index (κ3) is 4.11. The van der Waals surface area contributed by atoms with E-state index in [-0.39, 0.29) is 30.5 Å². The zero-order valence-electron chi connectivity index (χ0n) is 11.1. The van der Waals surface area contributed by atoms with Gasteiger partial charge >= 0.3 is 0 Å². The third-order valence-corrected chi connectivity index (χ3v) is 4.03. The molecular weight excluding hydrogens is 252 g/mol. The van der Waals surface area contributed by atoms with Gasteiger partial charge in [-0.05, 0) is 44.4 Å². The molecule has 1 saturated carbocycles. The lowest BCUT2D eigenvalue weighted by Crippen LogP contribution is -2.43. The van der Waals surface area contributed by atoms with E-state index in [0.717, 1.165) is 31.6 Å². The van der Waals surface area contributed by atoms with Gasteiger partial charge in [0.25, 0.3) is 0 Å². The molecule has 18 heavy (non-hydrogen) atoms. The maximum Gasteiger partial charge on any atom is 0.249 e. The minimum Gasteiger partial charge on any atom is -0.364 e. The Morgan fingerprint density at radius 1 is 1.22 bits per heavy atom. The molecule has 1 aliphatic carbocycles. The second-order valence-electron chi connectivity index (χ2n) is 5.53. The van der Waals surface area contributed by atoms with Crippen LogP contribution >= 0.6 is 12.4 Å². The van der Waals surface area contributed by atoms with E-state index in [2.05, 4.69) is 12.2 Å². The van der Waals surface area contributed by atoms with Crippen molar-refractivity contribution in [2.75, 3.05) is 6.54 Å². The van der Waals surface area contributed by atoms with Gasteiger partial charge in [-0.15, -0.1) is 12.4 Å². The van der Waals surface area contributed by atoms with E-state index in [9.17, 15) is 4.79 Å². The lowest BCUT2D eigenvalue weighted by atomic mass is 9.87. The molecule has 2 fully saturated rings. The van der Waals surface area contributed by atoms with Crippen molar-refractivity contribution in [2.45, 2.75) is 63.7 Å². The molecule has 2 atom stereocenters. The van der Waals surface area contributed by atoms with Crippen LogP contribution < -0.4 is 11.1 Å². The molecule has 2 aliphatic rings. The van der Waals surface area contributed by atoms with Crippen molar-refractivity contribution in [1.82, 2.24) is 5.32 Å². The zero-order chi connectivity index (χ0) is 12.3. The summed E-state index contributed by atoms with van der Waals surface area (Å²) in [6.45, 7) is 2.80. The summed E-state index contributed by atoms with van der Waals surface area (Å²) in [6, 6.07) is 0.360. The predicted molar refractivity (Wildman–Crippen MR) is 73.8 cm³/mol. The molecule has 1 heterocycles. The van der Waals surface area contributed by atoms with E-state index in [0.29, 0.717) is 12.6 Å². The monoisotopic (exact) mass is 276 g/mol. The van der Waals surface area contributed by atoms with Crippen molar-refractivity contribution in [1.29, 1.82) is 0 Å². The lowest BCUT2D eigenvalue weighted by molar-refractivity contribution is -0.132. The Morgan fingerprint density at radius 3 is 2.44 bits per heavy atom. The molecule has 0 aromatic rings. The first kappa shape index (κ1) is 15.7. The van der Waals surface area contributed by atoms with Crippen molar-refractivity contribution in [3.05, 3.63) is 0 Å². The van der Waals surface area contributed by atoms with Crippen LogP contribution in [0.3, 0.4) is 0 Å². The molecule has 0 unspecified atom stereocenters. The Labute approximate surface area is 115 Å². The molecule has 3 N–H and O–H groups in total. The first-order valence-corrected chi connectivity index (χ1v) is 6.85. The molecule has 106 valence electrons. The van der Waals surface area contributed by atoms with Gasteiger partial charge in [0.2, 0.25) is 5.91 Å². The van der Waals surface area contributed by atoms with Crippen molar-refractivity contribution in [3.8, 4) is 0 Å². The minimum atomic E-state index is -0.261. The van der Waals surface area contributed by atoms with Crippen LogP contribution in [0.4, 0.5) is 0 Å². The number of nitrogens with one attached hydrogen (secondary N) is 1. The predicted octanol–water partition coefficient (Wildman–Crippen LogP) is 1.61. The summed E-state index contributed by atoms with van der Waals surface area (Å²) < 4.78 is 5.60. The van der Waals surface area contributed by atoms with Crippen LogP contribution in [0.2, 0.25) is 0 Å². The lowest BCUT2D eigenvalue weighted by Gasteiger charge is -2.27. The van der Waals surface area contributed by atoms with Gasteiger partial charge in [-0.25, -0.2) is 0 Å². The van der Waals surface area contributed by atoms with Crippen LogP contribution in [0.1, 0.15) is 45.4 Å². The van der Waals surface area contributed by atoms with Gasteiger partial charge < -0.3 is 15.8 Å². The summed E-state index contributed by atoms with van der Waals surface area (Å²) in [5, 5.41) is 3.12. The highest BCUT2D eigenvalue weighted by atomic mass is 35.5. The van der Waals surface area contributed by atoms with Crippen molar-refractivity contribution < 1.29 is 9.53 Å². The minimum absolute atomic E-state index is 0. The van der Waals surface area contributed by atoms with E-state index in [1.807, 2.05) is 0 Å². The number of hydrogen-bond donors (Lipinski definition) is 2. The van der Waals surface area contributed by atoms with Gasteiger partial charge in [0.1, 0.15) is 6.10 Å². The highest BCUT2D eigenvalue weighted by molar-refractivity contribution is 5.85. The smallest absolute Gasteiger partial charge is 0.249 e. The molecular formula is C13H25ClN2O2. The fourth-order valence-electron chi connectivity index (χ4n) is 2.77. The van der Waals surface area contributed by atoms with Crippen LogP contribution in [-0.4, -0.2) is 30.7 Å². The second-order valence-corrected chi connectivity index (χ2v) is 5.53. The molecule has 0 spiro atoms. The molecule has 2 rings (SSSR count). The second kappa shape index (κ2) is 7.31. The number of rotatable bonds is 3. The SMILES string of the molecule is CC1CCC(NC(=O)[C@@H]2CC[C@H](CN)O2)CC1.Cl. The average Bonchev–Trinajstić information content (AvgIpc) is 2.81. The Balaban J connectivity index is 0.00000162. The molecule has 5 heteroatoms. The molecule has 1 aliphatic heterocycles. The van der Waals surface area contributed by atoms with Crippen LogP contribution in [0.25, 0.3) is 0 Å². The number of carbonyl (C=O) groups excluding carboxylic acids is 1. The number of nitrogens with two attached hydrogens (primary N) is 1. The molecule has 0 aromatic carbocycles. The van der Waals surface area contributed by atoms with Crippen molar-refractivity contribution in [3.63, 3.8) is 0 Å². The summed E-state index contributed by atoms with van der Waals surface area (Å²) in [6.07, 6.45) is 6.22. The summed E-state index contributed by atoms with van der Waals surface area (Å²) >= 11 is 0. The summed E-state index contributed by atoms with van der Waals surface area (Å²) in [5.74, 6) is 0.882. The van der Waals surface area contributed by atoms with E-state index >= 15 is 0 Å². The average molecular weight is 277 g/mol. The third-order valence-electron chi connectivity index (χ3n) is 4.03. The van der Waals surface area contributed by atoms with E-state index < -0.39 is 0 Å². The van der Waals surface area contributed by atoms with E-state index in [1.54, 1.807) is 0 Å². The van der Waals surface area contributed by atoms with Gasteiger partial charge in [-0.3, -0.25) is 4.79 Å². The van der Waals surface area contributed by atoms with Crippen molar-refractivity contribution >= 4 is 18.3 Å². The van der Waals surface area contributed by atoms with E-state index in [1.165, 1.54) is 12.8 Å². The Bertz CT molecular complexity index is 268. The number of carbonyl (C=O) groups is 1.